The lowest BCUT2D eigenvalue weighted by molar-refractivity contribution is 0.0756. The molecule has 0 aromatic carbocycles. The molecule has 0 aliphatic carbocycles. The second-order valence-electron chi connectivity index (χ2n) is 4.78. The fourth-order valence-electron chi connectivity index (χ4n) is 2.90. The maximum atomic E-state index is 5.61. The summed E-state index contributed by atoms with van der Waals surface area (Å²) >= 11 is 0. The van der Waals surface area contributed by atoms with Crippen LogP contribution in [0.5, 0.6) is 0 Å². The Bertz CT molecular complexity index is 339. The fraction of sp³-hybridized carbons (Fsp3) is 0.750. The minimum atomic E-state index is 0.563. The van der Waals surface area contributed by atoms with E-state index in [1.54, 1.807) is 0 Å². The van der Waals surface area contributed by atoms with Crippen molar-refractivity contribution >= 4 is 0 Å². The van der Waals surface area contributed by atoms with E-state index >= 15 is 0 Å². The van der Waals surface area contributed by atoms with E-state index in [-0.39, 0.29) is 0 Å². The van der Waals surface area contributed by atoms with Crippen molar-refractivity contribution in [2.75, 3.05) is 19.6 Å². The van der Waals surface area contributed by atoms with Crippen molar-refractivity contribution in [3.8, 4) is 0 Å². The minimum absolute atomic E-state index is 0.563. The van der Waals surface area contributed by atoms with E-state index in [1.807, 2.05) is 6.26 Å². The first-order chi connectivity index (χ1) is 7.36. The van der Waals surface area contributed by atoms with Gasteiger partial charge in [-0.1, -0.05) is 6.92 Å². The number of aromatic nitrogens is 1. The van der Waals surface area contributed by atoms with Gasteiger partial charge in [0.25, 0.3) is 0 Å². The van der Waals surface area contributed by atoms with Gasteiger partial charge < -0.3 is 9.32 Å². The van der Waals surface area contributed by atoms with Crippen LogP contribution in [-0.2, 0) is 6.42 Å². The predicted molar refractivity (Wildman–Crippen MR) is 57.8 cm³/mol. The molecule has 1 unspecified atom stereocenters. The fourth-order valence-corrected chi connectivity index (χ4v) is 2.90. The zero-order valence-corrected chi connectivity index (χ0v) is 9.28. The Hall–Kier alpha value is -0.830. The summed E-state index contributed by atoms with van der Waals surface area (Å²) in [6.07, 6.45) is 5.46. The van der Waals surface area contributed by atoms with Gasteiger partial charge in [-0.3, -0.25) is 0 Å². The quantitative estimate of drug-likeness (QED) is 0.741. The summed E-state index contributed by atoms with van der Waals surface area (Å²) in [6, 6.07) is 0. The second-order valence-corrected chi connectivity index (χ2v) is 4.78. The molecule has 82 valence electrons. The molecule has 0 saturated carbocycles. The van der Waals surface area contributed by atoms with Crippen molar-refractivity contribution in [2.45, 2.75) is 32.1 Å². The van der Waals surface area contributed by atoms with Crippen LogP contribution in [0.2, 0.25) is 0 Å². The smallest absolute Gasteiger partial charge is 0.198 e. The minimum Gasteiger partial charge on any atom is -0.448 e. The first-order valence-electron chi connectivity index (χ1n) is 6.03. The van der Waals surface area contributed by atoms with E-state index in [0.29, 0.717) is 5.92 Å². The van der Waals surface area contributed by atoms with Gasteiger partial charge in [0, 0.05) is 6.54 Å². The Kier molecular flexibility index (Phi) is 2.28. The third kappa shape index (κ3) is 1.59. The molecule has 3 aliphatic heterocycles. The monoisotopic (exact) mass is 206 g/mol. The van der Waals surface area contributed by atoms with E-state index < -0.39 is 0 Å². The zero-order chi connectivity index (χ0) is 10.3. The number of hydrogen-bond acceptors (Lipinski definition) is 3. The molecule has 15 heavy (non-hydrogen) atoms. The van der Waals surface area contributed by atoms with Crippen LogP contribution in [0.25, 0.3) is 0 Å². The molecule has 3 fully saturated rings. The van der Waals surface area contributed by atoms with Gasteiger partial charge in [-0.25, -0.2) is 4.98 Å². The molecular formula is C12H18N2O. The molecule has 4 heterocycles. The maximum Gasteiger partial charge on any atom is 0.198 e. The van der Waals surface area contributed by atoms with Gasteiger partial charge in [0.2, 0.25) is 0 Å². The summed E-state index contributed by atoms with van der Waals surface area (Å²) in [7, 11) is 0. The first-order valence-corrected chi connectivity index (χ1v) is 6.03. The summed E-state index contributed by atoms with van der Waals surface area (Å²) in [5, 5.41) is 0. The molecule has 3 nitrogen and oxygen atoms in total. The zero-order valence-electron chi connectivity index (χ0n) is 9.28. The van der Waals surface area contributed by atoms with Crippen molar-refractivity contribution in [1.29, 1.82) is 0 Å². The van der Waals surface area contributed by atoms with E-state index in [0.717, 1.165) is 30.5 Å². The van der Waals surface area contributed by atoms with Crippen LogP contribution in [-0.4, -0.2) is 29.5 Å². The van der Waals surface area contributed by atoms with Gasteiger partial charge in [0.1, 0.15) is 6.26 Å². The molecule has 3 saturated heterocycles. The molecule has 0 radical (unpaired) electrons. The van der Waals surface area contributed by atoms with Gasteiger partial charge >= 0.3 is 0 Å². The van der Waals surface area contributed by atoms with E-state index in [2.05, 4.69) is 16.8 Å². The Morgan fingerprint density at radius 3 is 2.80 bits per heavy atom. The first kappa shape index (κ1) is 9.40. The lowest BCUT2D eigenvalue weighted by Crippen LogP contribution is -2.46. The van der Waals surface area contributed by atoms with Gasteiger partial charge in [0.05, 0.1) is 11.6 Å². The highest BCUT2D eigenvalue weighted by Crippen LogP contribution is 2.38. The highest BCUT2D eigenvalue weighted by molar-refractivity contribution is 5.06. The van der Waals surface area contributed by atoms with Crippen molar-refractivity contribution < 1.29 is 4.42 Å². The molecule has 1 atom stereocenters. The molecule has 1 aromatic heterocycles. The number of rotatable bonds is 2. The van der Waals surface area contributed by atoms with Gasteiger partial charge in [-0.2, -0.15) is 0 Å². The highest BCUT2D eigenvalue weighted by Gasteiger charge is 2.37. The van der Waals surface area contributed by atoms with E-state index in [4.69, 9.17) is 4.42 Å². The number of hydrogen-bond donors (Lipinski definition) is 0. The standard InChI is InChI=1S/C12H18N2O/c1-2-10-8-15-12(13-10)11-7-14-5-3-9(11)4-6-14/h8-9,11H,2-7H2,1H3. The van der Waals surface area contributed by atoms with E-state index in [1.165, 1.54) is 25.9 Å². The Balaban J connectivity index is 1.81. The Morgan fingerprint density at radius 2 is 2.27 bits per heavy atom. The molecule has 4 rings (SSSR count). The van der Waals surface area contributed by atoms with Crippen LogP contribution in [0.1, 0.15) is 37.3 Å². The van der Waals surface area contributed by atoms with Gasteiger partial charge in [-0.15, -0.1) is 0 Å². The highest BCUT2D eigenvalue weighted by atomic mass is 16.3. The Labute approximate surface area is 90.5 Å². The summed E-state index contributed by atoms with van der Waals surface area (Å²) in [4.78, 5) is 7.12. The lowest BCUT2D eigenvalue weighted by Gasteiger charge is -2.43. The van der Waals surface area contributed by atoms with Crippen LogP contribution >= 0.6 is 0 Å². The number of fused-ring (bicyclic) bond motifs is 3. The van der Waals surface area contributed by atoms with Crippen molar-refractivity contribution in [3.63, 3.8) is 0 Å². The summed E-state index contributed by atoms with van der Waals surface area (Å²) in [6.45, 7) is 5.84. The van der Waals surface area contributed by atoms with Crippen LogP contribution in [0.15, 0.2) is 10.7 Å². The molecule has 0 amide bonds. The summed E-state index contributed by atoms with van der Waals surface area (Å²) in [5.41, 5.74) is 1.10. The predicted octanol–water partition coefficient (Wildman–Crippen LogP) is 2.05. The number of nitrogens with zero attached hydrogens (tertiary/aromatic N) is 2. The molecule has 2 bridgehead atoms. The third-order valence-corrected chi connectivity index (χ3v) is 3.91. The van der Waals surface area contributed by atoms with Crippen molar-refractivity contribution in [1.82, 2.24) is 9.88 Å². The normalized spacial score (nSPS) is 34.6. The SMILES string of the molecule is CCc1coc(C2CN3CCC2CC3)n1. The number of oxazole rings is 1. The molecule has 3 aliphatic rings. The second kappa shape index (κ2) is 3.63. The maximum absolute atomic E-state index is 5.61. The van der Waals surface area contributed by atoms with Crippen LogP contribution < -0.4 is 0 Å². The van der Waals surface area contributed by atoms with Crippen molar-refractivity contribution in [2.24, 2.45) is 5.92 Å². The summed E-state index contributed by atoms with van der Waals surface area (Å²) in [5.74, 6) is 2.37. The Morgan fingerprint density at radius 1 is 1.47 bits per heavy atom. The lowest BCUT2D eigenvalue weighted by atomic mass is 9.79. The molecular weight excluding hydrogens is 188 g/mol. The average molecular weight is 206 g/mol. The third-order valence-electron chi connectivity index (χ3n) is 3.91. The summed E-state index contributed by atoms with van der Waals surface area (Å²) < 4.78 is 5.61. The van der Waals surface area contributed by atoms with Crippen LogP contribution in [0.4, 0.5) is 0 Å². The van der Waals surface area contributed by atoms with Crippen LogP contribution in [0, 0.1) is 5.92 Å². The van der Waals surface area contributed by atoms with Gasteiger partial charge in [0.15, 0.2) is 5.89 Å². The topological polar surface area (TPSA) is 29.3 Å². The number of aryl methyl sites for hydroxylation is 1. The molecule has 1 aromatic rings. The van der Waals surface area contributed by atoms with E-state index in [9.17, 15) is 0 Å². The van der Waals surface area contributed by atoms with Gasteiger partial charge in [-0.05, 0) is 38.3 Å². The van der Waals surface area contributed by atoms with Crippen LogP contribution in [0.3, 0.4) is 0 Å². The number of piperidine rings is 3. The van der Waals surface area contributed by atoms with Crippen molar-refractivity contribution in [3.05, 3.63) is 17.8 Å². The molecule has 0 spiro atoms. The molecule has 0 N–H and O–H groups in total. The largest absolute Gasteiger partial charge is 0.448 e. The average Bonchev–Trinajstić information content (AvgIpc) is 2.79. The molecule has 3 heteroatoms.